The minimum absolute atomic E-state index is 0.000108. The Bertz CT molecular complexity index is 1010. The fourth-order valence-corrected chi connectivity index (χ4v) is 5.51. The number of nitrogens with zero attached hydrogens (tertiary/aromatic N) is 3. The summed E-state index contributed by atoms with van der Waals surface area (Å²) in [6.45, 7) is 3.34. The van der Waals surface area contributed by atoms with E-state index in [0.717, 1.165) is 4.83 Å². The van der Waals surface area contributed by atoms with Crippen LogP contribution in [-0.2, 0) is 29.3 Å². The predicted molar refractivity (Wildman–Crippen MR) is 96.9 cm³/mol. The van der Waals surface area contributed by atoms with Crippen LogP contribution in [-0.4, -0.2) is 53.7 Å². The topological polar surface area (TPSA) is 127 Å². The van der Waals surface area contributed by atoms with Gasteiger partial charge >= 0.3 is 5.97 Å². The van der Waals surface area contributed by atoms with Crippen molar-refractivity contribution in [1.82, 2.24) is 9.30 Å². The summed E-state index contributed by atoms with van der Waals surface area (Å²) in [6.07, 6.45) is 2.74. The van der Waals surface area contributed by atoms with Gasteiger partial charge in [0.05, 0.1) is 29.5 Å². The number of fused-ring (bicyclic) bond motifs is 2. The van der Waals surface area contributed by atoms with Gasteiger partial charge in [-0.3, -0.25) is 4.79 Å². The first-order valence-corrected chi connectivity index (χ1v) is 9.82. The highest BCUT2D eigenvalue weighted by atomic mass is 32.1. The van der Waals surface area contributed by atoms with E-state index in [2.05, 4.69) is 0 Å². The van der Waals surface area contributed by atoms with Gasteiger partial charge in [0.15, 0.2) is 5.69 Å². The normalized spacial score (nSPS) is 25.4. The van der Waals surface area contributed by atoms with E-state index in [0.29, 0.717) is 16.1 Å². The molecule has 28 heavy (non-hydrogen) atoms. The molecule has 1 amide bonds. The lowest BCUT2D eigenvalue weighted by atomic mass is 9.78. The summed E-state index contributed by atoms with van der Waals surface area (Å²) in [5.41, 5.74) is 1.23. The van der Waals surface area contributed by atoms with Crippen LogP contribution in [0.4, 0.5) is 0 Å². The Labute approximate surface area is 164 Å². The SMILES string of the molecule is C[C@@H](O)[C@H]1C(=O)N2C(C(=O)O)=C(C[n+]3cc4sc(CO)c(CO)n4c3)[C@H](C)[C@H]12. The molecule has 2 aromatic rings. The van der Waals surface area contributed by atoms with E-state index >= 15 is 0 Å². The number of hydrogen-bond acceptors (Lipinski definition) is 6. The van der Waals surface area contributed by atoms with Gasteiger partial charge in [0.1, 0.15) is 25.0 Å². The van der Waals surface area contributed by atoms with Gasteiger partial charge in [-0.1, -0.05) is 18.3 Å². The number of carboxylic acids is 1. The van der Waals surface area contributed by atoms with E-state index < -0.39 is 18.0 Å². The lowest BCUT2D eigenvalue weighted by Crippen LogP contribution is -2.63. The number of aromatic nitrogens is 2. The van der Waals surface area contributed by atoms with Crippen LogP contribution in [0.5, 0.6) is 0 Å². The molecule has 4 heterocycles. The van der Waals surface area contributed by atoms with Crippen LogP contribution in [0.15, 0.2) is 23.8 Å². The lowest BCUT2D eigenvalue weighted by Gasteiger charge is -2.46. The summed E-state index contributed by atoms with van der Waals surface area (Å²) in [5, 5.41) is 38.6. The van der Waals surface area contributed by atoms with Crippen molar-refractivity contribution in [3.63, 3.8) is 0 Å². The van der Waals surface area contributed by atoms with Crippen LogP contribution in [0, 0.1) is 11.8 Å². The molecular weight excluding hydrogens is 386 g/mol. The summed E-state index contributed by atoms with van der Waals surface area (Å²) in [7, 11) is 0. The molecule has 0 radical (unpaired) electrons. The molecule has 0 aliphatic carbocycles. The molecule has 2 aliphatic heterocycles. The molecule has 2 aromatic heterocycles. The Balaban J connectivity index is 1.71. The standard InChI is InChI=1S/C18H21N3O6S/c1-8-10(16(18(26)27)21-15(8)14(9(2)24)17(21)25)3-19-4-13-20(7-19)11(5-22)12(6-23)28-13/h4,7-9,14-15,22-24H,3,5-6H2,1-2H3/p+1/t8-,9+,14+,15+/m0/s1. The number of carboxylic acid groups (broad SMARTS) is 1. The third-order valence-corrected chi connectivity index (χ3v) is 6.90. The van der Waals surface area contributed by atoms with E-state index in [9.17, 15) is 30.0 Å². The Morgan fingerprint density at radius 2 is 2.07 bits per heavy atom. The second-order valence-corrected chi connectivity index (χ2v) is 8.46. The molecule has 0 bridgehead atoms. The number of thiazole rings is 1. The minimum atomic E-state index is -1.15. The zero-order valence-corrected chi connectivity index (χ0v) is 16.3. The molecule has 150 valence electrons. The van der Waals surface area contributed by atoms with Crippen LogP contribution < -0.4 is 4.57 Å². The molecule has 4 rings (SSSR count). The van der Waals surface area contributed by atoms with Gasteiger partial charge in [0.2, 0.25) is 17.1 Å². The lowest BCUT2D eigenvalue weighted by molar-refractivity contribution is -0.688. The summed E-state index contributed by atoms with van der Waals surface area (Å²) in [4.78, 5) is 27.1. The number of aliphatic hydroxyl groups excluding tert-OH is 3. The van der Waals surface area contributed by atoms with Gasteiger partial charge in [-0.05, 0) is 6.92 Å². The molecule has 0 aromatic carbocycles. The van der Waals surface area contributed by atoms with Crippen LogP contribution in [0.1, 0.15) is 24.4 Å². The van der Waals surface area contributed by atoms with Crippen molar-refractivity contribution in [2.75, 3.05) is 0 Å². The maximum atomic E-state index is 12.4. The minimum Gasteiger partial charge on any atom is -0.477 e. The Kier molecular flexibility index (Phi) is 4.53. The first kappa shape index (κ1) is 19.1. The number of aliphatic hydroxyl groups is 3. The zero-order valence-electron chi connectivity index (χ0n) is 15.4. The molecular formula is C18H22N3O6S+. The average molecular weight is 408 g/mol. The van der Waals surface area contributed by atoms with Crippen molar-refractivity contribution >= 4 is 28.0 Å². The van der Waals surface area contributed by atoms with Gasteiger partial charge in [0, 0.05) is 11.5 Å². The second kappa shape index (κ2) is 6.66. The maximum absolute atomic E-state index is 12.4. The van der Waals surface area contributed by atoms with Gasteiger partial charge in [-0.15, -0.1) is 0 Å². The summed E-state index contributed by atoms with van der Waals surface area (Å²) >= 11 is 1.36. The van der Waals surface area contributed by atoms with Crippen LogP contribution in [0.3, 0.4) is 0 Å². The molecule has 0 unspecified atom stereocenters. The van der Waals surface area contributed by atoms with E-state index in [1.54, 1.807) is 17.7 Å². The quantitative estimate of drug-likeness (QED) is 0.376. The number of carbonyl (C=O) groups is 2. The maximum Gasteiger partial charge on any atom is 0.352 e. The molecule has 1 saturated heterocycles. The largest absolute Gasteiger partial charge is 0.477 e. The first-order valence-electron chi connectivity index (χ1n) is 9.01. The summed E-state index contributed by atoms with van der Waals surface area (Å²) in [6, 6.07) is -0.341. The number of hydrogen-bond donors (Lipinski definition) is 4. The zero-order chi connectivity index (χ0) is 20.3. The molecule has 4 atom stereocenters. The Morgan fingerprint density at radius 1 is 1.36 bits per heavy atom. The van der Waals surface area contributed by atoms with Crippen LogP contribution in [0.2, 0.25) is 0 Å². The Morgan fingerprint density at radius 3 is 2.64 bits per heavy atom. The van der Waals surface area contributed by atoms with Crippen molar-refractivity contribution in [3.8, 4) is 0 Å². The number of amides is 1. The second-order valence-electron chi connectivity index (χ2n) is 7.35. The molecule has 4 N–H and O–H groups in total. The number of β-lactam (4-membered cyclic amide) rings is 1. The van der Waals surface area contributed by atoms with Crippen LogP contribution >= 0.6 is 11.3 Å². The number of rotatable bonds is 6. The monoisotopic (exact) mass is 408 g/mol. The van der Waals surface area contributed by atoms with E-state index in [-0.39, 0.29) is 43.3 Å². The Hall–Kier alpha value is -2.27. The van der Waals surface area contributed by atoms with Gasteiger partial charge in [-0.25, -0.2) is 9.36 Å². The van der Waals surface area contributed by atoms with Gasteiger partial charge < -0.3 is 25.3 Å². The van der Waals surface area contributed by atoms with E-state index in [1.807, 2.05) is 17.7 Å². The highest BCUT2D eigenvalue weighted by Crippen LogP contribution is 2.47. The van der Waals surface area contributed by atoms with E-state index in [1.165, 1.54) is 16.2 Å². The highest BCUT2D eigenvalue weighted by Gasteiger charge is 2.60. The third kappa shape index (κ3) is 2.52. The molecule has 10 heteroatoms. The fourth-order valence-electron chi connectivity index (χ4n) is 4.46. The summed E-state index contributed by atoms with van der Waals surface area (Å²) in [5.74, 6) is -2.28. The van der Waals surface area contributed by atoms with Crippen molar-refractivity contribution < 1.29 is 34.6 Å². The van der Waals surface area contributed by atoms with Gasteiger partial charge in [0.25, 0.3) is 0 Å². The molecule has 0 spiro atoms. The highest BCUT2D eigenvalue weighted by molar-refractivity contribution is 7.17. The first-order chi connectivity index (χ1) is 13.3. The number of imidazole rings is 1. The molecule has 9 nitrogen and oxygen atoms in total. The average Bonchev–Trinajstić information content (AvgIpc) is 3.23. The van der Waals surface area contributed by atoms with Crippen LogP contribution in [0.25, 0.3) is 4.83 Å². The van der Waals surface area contributed by atoms with Gasteiger partial charge in [-0.2, -0.15) is 4.40 Å². The van der Waals surface area contributed by atoms with E-state index in [4.69, 9.17) is 0 Å². The van der Waals surface area contributed by atoms with Crippen molar-refractivity contribution in [1.29, 1.82) is 0 Å². The smallest absolute Gasteiger partial charge is 0.352 e. The molecule has 0 saturated carbocycles. The van der Waals surface area contributed by atoms with Crippen molar-refractivity contribution in [3.05, 3.63) is 34.4 Å². The fraction of sp³-hybridized carbons (Fsp3) is 0.500. The third-order valence-electron chi connectivity index (χ3n) is 5.78. The van der Waals surface area contributed by atoms with Crippen molar-refractivity contribution in [2.45, 2.75) is 45.8 Å². The number of carbonyl (C=O) groups excluding carboxylic acids is 1. The molecule has 2 aliphatic rings. The number of aliphatic carboxylic acids is 1. The van der Waals surface area contributed by atoms with Crippen molar-refractivity contribution in [2.24, 2.45) is 11.8 Å². The predicted octanol–water partition coefficient (Wildman–Crippen LogP) is -0.531. The molecule has 1 fully saturated rings. The summed E-state index contributed by atoms with van der Waals surface area (Å²) < 4.78 is 3.59.